The summed E-state index contributed by atoms with van der Waals surface area (Å²) in [5.41, 5.74) is 4.75. The number of rotatable bonds is 10. The van der Waals surface area contributed by atoms with E-state index in [-0.39, 0.29) is 37.2 Å². The summed E-state index contributed by atoms with van der Waals surface area (Å²) in [4.78, 5) is 56.7. The van der Waals surface area contributed by atoms with Crippen LogP contribution in [-0.2, 0) is 38.6 Å². The lowest BCUT2D eigenvalue weighted by Crippen LogP contribution is -2.61. The van der Waals surface area contributed by atoms with E-state index in [1.54, 1.807) is 0 Å². The second-order valence-electron chi connectivity index (χ2n) is 10.3. The first-order valence-corrected chi connectivity index (χ1v) is 13.7. The summed E-state index contributed by atoms with van der Waals surface area (Å²) < 4.78 is 0. The van der Waals surface area contributed by atoms with Gasteiger partial charge in [-0.25, -0.2) is 0 Å². The smallest absolute Gasteiger partial charge is 0.246 e. The Hall–Kier alpha value is -4.92. The van der Waals surface area contributed by atoms with E-state index in [0.717, 1.165) is 33.2 Å². The van der Waals surface area contributed by atoms with Crippen LogP contribution in [0.25, 0.3) is 10.9 Å². The van der Waals surface area contributed by atoms with Crippen LogP contribution in [-0.4, -0.2) is 58.7 Å². The number of aromatic nitrogens is 1. The van der Waals surface area contributed by atoms with Crippen molar-refractivity contribution in [3.05, 3.63) is 107 Å². The molecule has 0 aliphatic carbocycles. The van der Waals surface area contributed by atoms with Crippen molar-refractivity contribution in [2.75, 3.05) is 13.1 Å². The average Bonchev–Trinajstić information content (AvgIpc) is 3.38. The molecule has 0 radical (unpaired) electrons. The number of H-pyrrole nitrogens is 1. The number of hydrogen-bond donors (Lipinski definition) is 4. The largest absolute Gasteiger partial charge is 0.361 e. The first kappa shape index (κ1) is 27.6. The lowest BCUT2D eigenvalue weighted by Gasteiger charge is -2.32. The summed E-state index contributed by atoms with van der Waals surface area (Å²) in [5.74, 6) is -1.51. The molecule has 4 aromatic rings. The van der Waals surface area contributed by atoms with Gasteiger partial charge in [0.15, 0.2) is 0 Å². The van der Waals surface area contributed by atoms with Crippen molar-refractivity contribution in [2.45, 2.75) is 38.4 Å². The van der Waals surface area contributed by atoms with Crippen molar-refractivity contribution in [3.63, 3.8) is 0 Å². The Morgan fingerprint density at radius 1 is 0.951 bits per heavy atom. The fraction of sp³-hybridized carbons (Fsp3) is 0.250. The Bertz CT molecular complexity index is 1560. The zero-order chi connectivity index (χ0) is 28.8. The van der Waals surface area contributed by atoms with Gasteiger partial charge < -0.3 is 25.8 Å². The minimum atomic E-state index is -0.889. The van der Waals surface area contributed by atoms with Gasteiger partial charge >= 0.3 is 0 Å². The molecule has 9 nitrogen and oxygen atoms in total. The molecule has 0 bridgehead atoms. The molecule has 4 amide bonds. The number of carbonyl (C=O) groups excluding carboxylic acids is 4. The molecule has 1 aromatic heterocycles. The van der Waals surface area contributed by atoms with E-state index in [0.29, 0.717) is 13.0 Å². The molecule has 1 aliphatic rings. The maximum absolute atomic E-state index is 13.4. The fourth-order valence-electron chi connectivity index (χ4n) is 5.15. The standard InChI is InChI=1S/C32H33N5O4/c1-21-9-5-6-12-23(21)17-34-31(40)27(16-24-18-33-26-14-8-7-13-25(24)26)35-29(38)19-37-20-30(39)36-28(32(37)41)15-22-10-3-2-4-11-22/h2-14,18,27-28,33H,15-17,19-20H2,1H3,(H,34,40)(H,35,38)(H,36,39). The number of para-hydroxylation sites is 1. The van der Waals surface area contributed by atoms with Gasteiger partial charge in [-0.3, -0.25) is 19.2 Å². The number of benzene rings is 3. The molecule has 0 spiro atoms. The van der Waals surface area contributed by atoms with Gasteiger partial charge in [-0.1, -0.05) is 72.8 Å². The van der Waals surface area contributed by atoms with Gasteiger partial charge in [0.1, 0.15) is 25.2 Å². The highest BCUT2D eigenvalue weighted by molar-refractivity contribution is 5.98. The molecule has 2 unspecified atom stereocenters. The molecule has 4 N–H and O–H groups in total. The summed E-state index contributed by atoms with van der Waals surface area (Å²) in [6.07, 6.45) is 2.42. The van der Waals surface area contributed by atoms with Crippen molar-refractivity contribution in [1.82, 2.24) is 25.8 Å². The molecular formula is C32H33N5O4. The molecule has 5 rings (SSSR count). The van der Waals surface area contributed by atoms with Crippen LogP contribution in [0.15, 0.2) is 85.1 Å². The molecule has 41 heavy (non-hydrogen) atoms. The number of aryl methyl sites for hydroxylation is 1. The van der Waals surface area contributed by atoms with Crippen LogP contribution >= 0.6 is 0 Å². The number of carbonyl (C=O) groups is 4. The molecule has 210 valence electrons. The minimum absolute atomic E-state index is 0.218. The zero-order valence-corrected chi connectivity index (χ0v) is 22.9. The van der Waals surface area contributed by atoms with Gasteiger partial charge in [0.25, 0.3) is 0 Å². The lowest BCUT2D eigenvalue weighted by atomic mass is 10.0. The second-order valence-corrected chi connectivity index (χ2v) is 10.3. The van der Waals surface area contributed by atoms with Gasteiger partial charge in [-0.15, -0.1) is 0 Å². The Kier molecular flexibility index (Phi) is 8.43. The number of hydrogen-bond acceptors (Lipinski definition) is 4. The van der Waals surface area contributed by atoms with Crippen LogP contribution in [0.5, 0.6) is 0 Å². The Labute approximate surface area is 238 Å². The summed E-state index contributed by atoms with van der Waals surface area (Å²) in [6.45, 7) is 1.75. The molecular weight excluding hydrogens is 518 g/mol. The van der Waals surface area contributed by atoms with Gasteiger partial charge in [0.05, 0.1) is 0 Å². The number of amides is 4. The van der Waals surface area contributed by atoms with E-state index < -0.39 is 18.0 Å². The molecule has 3 aromatic carbocycles. The quantitative estimate of drug-likeness (QED) is 0.242. The van der Waals surface area contributed by atoms with Crippen LogP contribution in [0.1, 0.15) is 22.3 Å². The predicted molar refractivity (Wildman–Crippen MR) is 156 cm³/mol. The van der Waals surface area contributed by atoms with Gasteiger partial charge in [0.2, 0.25) is 23.6 Å². The summed E-state index contributed by atoms with van der Waals surface area (Å²) >= 11 is 0. The van der Waals surface area contributed by atoms with Crippen molar-refractivity contribution in [3.8, 4) is 0 Å². The molecule has 0 saturated carbocycles. The lowest BCUT2D eigenvalue weighted by molar-refractivity contribution is -0.146. The number of aromatic amines is 1. The maximum atomic E-state index is 13.4. The van der Waals surface area contributed by atoms with E-state index in [2.05, 4.69) is 20.9 Å². The highest BCUT2D eigenvalue weighted by Gasteiger charge is 2.34. The monoisotopic (exact) mass is 551 g/mol. The summed E-state index contributed by atoms with van der Waals surface area (Å²) in [7, 11) is 0. The van der Waals surface area contributed by atoms with E-state index in [1.807, 2.05) is 92.0 Å². The van der Waals surface area contributed by atoms with E-state index in [9.17, 15) is 19.2 Å². The predicted octanol–water partition coefficient (Wildman–Crippen LogP) is 2.39. The number of nitrogens with one attached hydrogen (secondary N) is 4. The van der Waals surface area contributed by atoms with E-state index in [4.69, 9.17) is 0 Å². The summed E-state index contributed by atoms with van der Waals surface area (Å²) in [5, 5.41) is 9.47. The highest BCUT2D eigenvalue weighted by atomic mass is 16.2. The van der Waals surface area contributed by atoms with Gasteiger partial charge in [0, 0.05) is 36.5 Å². The number of piperazine rings is 1. The number of nitrogens with zero attached hydrogens (tertiary/aromatic N) is 1. The van der Waals surface area contributed by atoms with E-state index in [1.165, 1.54) is 4.90 Å². The zero-order valence-electron chi connectivity index (χ0n) is 22.9. The molecule has 2 atom stereocenters. The molecule has 9 heteroatoms. The third-order valence-electron chi connectivity index (χ3n) is 7.36. The second kappa shape index (κ2) is 12.5. The third kappa shape index (κ3) is 6.81. The highest BCUT2D eigenvalue weighted by Crippen LogP contribution is 2.19. The topological polar surface area (TPSA) is 123 Å². The minimum Gasteiger partial charge on any atom is -0.361 e. The summed E-state index contributed by atoms with van der Waals surface area (Å²) in [6, 6.07) is 23.3. The molecule has 1 fully saturated rings. The SMILES string of the molecule is Cc1ccccc1CNC(=O)C(Cc1c[nH]c2ccccc12)NC(=O)CN1CC(=O)NC(Cc2ccccc2)C1=O. The Balaban J connectivity index is 1.29. The number of fused-ring (bicyclic) bond motifs is 1. The Morgan fingerprint density at radius 2 is 1.68 bits per heavy atom. The van der Waals surface area contributed by atoms with E-state index >= 15 is 0 Å². The van der Waals surface area contributed by atoms with Gasteiger partial charge in [-0.2, -0.15) is 0 Å². The molecule has 1 aliphatic heterocycles. The van der Waals surface area contributed by atoms with Crippen LogP contribution in [0.3, 0.4) is 0 Å². The van der Waals surface area contributed by atoms with Crippen LogP contribution in [0.4, 0.5) is 0 Å². The van der Waals surface area contributed by atoms with Gasteiger partial charge in [-0.05, 0) is 35.2 Å². The first-order chi connectivity index (χ1) is 19.9. The van der Waals surface area contributed by atoms with Crippen LogP contribution in [0, 0.1) is 6.92 Å². The van der Waals surface area contributed by atoms with Crippen LogP contribution < -0.4 is 16.0 Å². The fourth-order valence-corrected chi connectivity index (χ4v) is 5.15. The normalized spacial score (nSPS) is 15.8. The van der Waals surface area contributed by atoms with Crippen molar-refractivity contribution in [2.24, 2.45) is 0 Å². The average molecular weight is 552 g/mol. The van der Waals surface area contributed by atoms with Crippen LogP contribution in [0.2, 0.25) is 0 Å². The Morgan fingerprint density at radius 3 is 2.49 bits per heavy atom. The van der Waals surface area contributed by atoms with Crippen molar-refractivity contribution in [1.29, 1.82) is 0 Å². The molecule has 2 heterocycles. The van der Waals surface area contributed by atoms with Crippen molar-refractivity contribution < 1.29 is 19.2 Å². The molecule has 1 saturated heterocycles. The maximum Gasteiger partial charge on any atom is 0.246 e. The first-order valence-electron chi connectivity index (χ1n) is 13.7. The third-order valence-corrected chi connectivity index (χ3v) is 7.36. The van der Waals surface area contributed by atoms with Crippen molar-refractivity contribution >= 4 is 34.5 Å².